The third-order valence-corrected chi connectivity index (χ3v) is 3.23. The van der Waals surface area contributed by atoms with E-state index < -0.39 is 11.7 Å². The van der Waals surface area contributed by atoms with Crippen molar-refractivity contribution in [2.24, 2.45) is 0 Å². The number of fused-ring (bicyclic) bond motifs is 1. The Bertz CT molecular complexity index is 812. The van der Waals surface area contributed by atoms with Gasteiger partial charge in [-0.1, -0.05) is 24.3 Å². The summed E-state index contributed by atoms with van der Waals surface area (Å²) >= 11 is 0. The number of hydrogen-bond donors (Lipinski definition) is 1. The van der Waals surface area contributed by atoms with Crippen LogP contribution in [0.5, 0.6) is 5.75 Å². The Hall–Kier alpha value is -2.56. The maximum atomic E-state index is 13.0. The van der Waals surface area contributed by atoms with Gasteiger partial charge < -0.3 is 5.11 Å². The zero-order valence-corrected chi connectivity index (χ0v) is 10.7. The second kappa shape index (κ2) is 4.77. The van der Waals surface area contributed by atoms with Gasteiger partial charge >= 0.3 is 6.18 Å². The number of aromatic nitrogens is 1. The second-order valence-electron chi connectivity index (χ2n) is 4.61. The number of benzene rings is 2. The van der Waals surface area contributed by atoms with Crippen molar-refractivity contribution in [3.63, 3.8) is 0 Å². The van der Waals surface area contributed by atoms with Crippen LogP contribution in [-0.4, -0.2) is 10.1 Å². The molecular weight excluding hydrogens is 279 g/mol. The molecule has 3 rings (SSSR count). The van der Waals surface area contributed by atoms with Gasteiger partial charge in [0.1, 0.15) is 5.75 Å². The SMILES string of the molecule is Oc1cccc(-c2ccnc3c(C(F)(F)F)cccc23)c1. The fourth-order valence-electron chi connectivity index (χ4n) is 2.33. The molecule has 106 valence electrons. The van der Waals surface area contributed by atoms with Gasteiger partial charge in [-0.2, -0.15) is 13.2 Å². The van der Waals surface area contributed by atoms with Crippen LogP contribution in [0.1, 0.15) is 5.56 Å². The monoisotopic (exact) mass is 289 g/mol. The van der Waals surface area contributed by atoms with E-state index in [9.17, 15) is 18.3 Å². The molecule has 0 atom stereocenters. The smallest absolute Gasteiger partial charge is 0.418 e. The lowest BCUT2D eigenvalue weighted by atomic mass is 9.99. The summed E-state index contributed by atoms with van der Waals surface area (Å²) in [5, 5.41) is 9.94. The molecule has 0 radical (unpaired) electrons. The van der Waals surface area contributed by atoms with Gasteiger partial charge in [0.25, 0.3) is 0 Å². The molecule has 0 saturated heterocycles. The van der Waals surface area contributed by atoms with Crippen LogP contribution in [0.2, 0.25) is 0 Å². The second-order valence-corrected chi connectivity index (χ2v) is 4.61. The van der Waals surface area contributed by atoms with Crippen molar-refractivity contribution in [1.29, 1.82) is 0 Å². The molecule has 1 aromatic heterocycles. The number of alkyl halides is 3. The van der Waals surface area contributed by atoms with E-state index >= 15 is 0 Å². The van der Waals surface area contributed by atoms with Gasteiger partial charge in [0.05, 0.1) is 11.1 Å². The van der Waals surface area contributed by atoms with Crippen molar-refractivity contribution >= 4 is 10.9 Å². The first-order valence-electron chi connectivity index (χ1n) is 6.21. The fourth-order valence-corrected chi connectivity index (χ4v) is 2.33. The predicted octanol–water partition coefficient (Wildman–Crippen LogP) is 4.63. The van der Waals surface area contributed by atoms with E-state index in [4.69, 9.17) is 0 Å². The van der Waals surface area contributed by atoms with Crippen LogP contribution in [0.4, 0.5) is 13.2 Å². The molecule has 2 nitrogen and oxygen atoms in total. The molecule has 0 spiro atoms. The summed E-state index contributed by atoms with van der Waals surface area (Å²) in [5.41, 5.74) is 0.386. The lowest BCUT2D eigenvalue weighted by Crippen LogP contribution is -2.06. The number of halogens is 3. The molecule has 0 fully saturated rings. The number of nitrogens with zero attached hydrogens (tertiary/aromatic N) is 1. The Balaban J connectivity index is 2.31. The topological polar surface area (TPSA) is 33.1 Å². The predicted molar refractivity (Wildman–Crippen MR) is 73.8 cm³/mol. The van der Waals surface area contributed by atoms with Gasteiger partial charge in [-0.3, -0.25) is 4.98 Å². The number of hydrogen-bond acceptors (Lipinski definition) is 2. The Labute approximate surface area is 118 Å². The fraction of sp³-hybridized carbons (Fsp3) is 0.0625. The van der Waals surface area contributed by atoms with E-state index in [1.807, 2.05) is 0 Å². The molecule has 0 unspecified atom stereocenters. The van der Waals surface area contributed by atoms with Gasteiger partial charge in [0, 0.05) is 11.6 Å². The number of phenolic OH excluding ortho intramolecular Hbond substituents is 1. The molecule has 21 heavy (non-hydrogen) atoms. The van der Waals surface area contributed by atoms with Crippen LogP contribution in [0, 0.1) is 0 Å². The van der Waals surface area contributed by atoms with Crippen LogP contribution in [0.15, 0.2) is 54.7 Å². The summed E-state index contributed by atoms with van der Waals surface area (Å²) in [5.74, 6) is 0.0597. The highest BCUT2D eigenvalue weighted by Gasteiger charge is 2.33. The molecular formula is C16H10F3NO. The molecule has 0 bridgehead atoms. The van der Waals surface area contributed by atoms with Crippen molar-refractivity contribution in [2.75, 3.05) is 0 Å². The van der Waals surface area contributed by atoms with Crippen molar-refractivity contribution in [2.45, 2.75) is 6.18 Å². The van der Waals surface area contributed by atoms with Gasteiger partial charge in [0.2, 0.25) is 0 Å². The minimum atomic E-state index is -4.45. The lowest BCUT2D eigenvalue weighted by Gasteiger charge is -2.12. The van der Waals surface area contributed by atoms with Crippen molar-refractivity contribution in [1.82, 2.24) is 4.98 Å². The minimum Gasteiger partial charge on any atom is -0.508 e. The summed E-state index contributed by atoms with van der Waals surface area (Å²) in [6.07, 6.45) is -3.11. The first kappa shape index (κ1) is 13.4. The summed E-state index contributed by atoms with van der Waals surface area (Å²) < 4.78 is 39.1. The molecule has 0 amide bonds. The van der Waals surface area contributed by atoms with Crippen LogP contribution in [-0.2, 0) is 6.18 Å². The van der Waals surface area contributed by atoms with Crippen LogP contribution < -0.4 is 0 Å². The summed E-state index contributed by atoms with van der Waals surface area (Å²) in [6.45, 7) is 0. The largest absolute Gasteiger partial charge is 0.508 e. The van der Waals surface area contributed by atoms with E-state index in [0.29, 0.717) is 16.5 Å². The van der Waals surface area contributed by atoms with E-state index in [-0.39, 0.29) is 11.3 Å². The first-order chi connectivity index (χ1) is 9.97. The van der Waals surface area contributed by atoms with Crippen molar-refractivity contribution in [3.05, 3.63) is 60.3 Å². The maximum Gasteiger partial charge on any atom is 0.418 e. The first-order valence-corrected chi connectivity index (χ1v) is 6.21. The molecule has 1 N–H and O–H groups in total. The van der Waals surface area contributed by atoms with E-state index in [1.54, 1.807) is 24.3 Å². The molecule has 2 aromatic carbocycles. The van der Waals surface area contributed by atoms with E-state index in [2.05, 4.69) is 4.98 Å². The number of pyridine rings is 1. The lowest BCUT2D eigenvalue weighted by molar-refractivity contribution is -0.136. The molecule has 0 aliphatic carbocycles. The molecule has 0 saturated carbocycles. The van der Waals surface area contributed by atoms with Crippen LogP contribution >= 0.6 is 0 Å². The summed E-state index contributed by atoms with van der Waals surface area (Å²) in [4.78, 5) is 3.87. The number of rotatable bonds is 1. The number of aromatic hydroxyl groups is 1. The third-order valence-electron chi connectivity index (χ3n) is 3.23. The molecule has 1 heterocycles. The normalized spacial score (nSPS) is 11.8. The van der Waals surface area contributed by atoms with Crippen LogP contribution in [0.25, 0.3) is 22.0 Å². The Morgan fingerprint density at radius 2 is 1.71 bits per heavy atom. The average Bonchev–Trinajstić information content (AvgIpc) is 2.45. The Kier molecular flexibility index (Phi) is 3.05. The highest BCUT2D eigenvalue weighted by Crippen LogP contribution is 2.37. The highest BCUT2D eigenvalue weighted by atomic mass is 19.4. The summed E-state index contributed by atoms with van der Waals surface area (Å²) in [7, 11) is 0. The average molecular weight is 289 g/mol. The highest BCUT2D eigenvalue weighted by molar-refractivity contribution is 5.96. The quantitative estimate of drug-likeness (QED) is 0.708. The van der Waals surface area contributed by atoms with Gasteiger partial charge in [-0.05, 0) is 35.4 Å². The molecule has 5 heteroatoms. The third kappa shape index (κ3) is 2.42. The van der Waals surface area contributed by atoms with E-state index in [1.165, 1.54) is 24.4 Å². The summed E-state index contributed by atoms with van der Waals surface area (Å²) in [6, 6.07) is 12.0. The number of phenols is 1. The van der Waals surface area contributed by atoms with E-state index in [0.717, 1.165) is 6.07 Å². The van der Waals surface area contributed by atoms with Crippen molar-refractivity contribution < 1.29 is 18.3 Å². The van der Waals surface area contributed by atoms with Gasteiger partial charge in [-0.25, -0.2) is 0 Å². The van der Waals surface area contributed by atoms with Crippen molar-refractivity contribution in [3.8, 4) is 16.9 Å². The zero-order valence-electron chi connectivity index (χ0n) is 10.7. The minimum absolute atomic E-state index is 0.0597. The van der Waals surface area contributed by atoms with Gasteiger partial charge in [0.15, 0.2) is 0 Å². The molecule has 0 aliphatic heterocycles. The standard InChI is InChI=1S/C16H10F3NO/c17-16(18,19)14-6-2-5-13-12(7-8-20-15(13)14)10-3-1-4-11(21)9-10/h1-9,21H. The Morgan fingerprint density at radius 3 is 2.43 bits per heavy atom. The maximum absolute atomic E-state index is 13.0. The Morgan fingerprint density at radius 1 is 0.952 bits per heavy atom. The number of para-hydroxylation sites is 1. The van der Waals surface area contributed by atoms with Crippen LogP contribution in [0.3, 0.4) is 0 Å². The van der Waals surface area contributed by atoms with Gasteiger partial charge in [-0.15, -0.1) is 0 Å². The molecule has 3 aromatic rings. The zero-order chi connectivity index (χ0) is 15.0. The molecule has 0 aliphatic rings.